The second kappa shape index (κ2) is 4.76. The minimum absolute atomic E-state index is 0.329. The molecule has 0 atom stereocenters. The highest BCUT2D eigenvalue weighted by Gasteiger charge is 2.24. The van der Waals surface area contributed by atoms with Crippen molar-refractivity contribution in [3.63, 3.8) is 0 Å². The monoisotopic (exact) mass is 303 g/mol. The van der Waals surface area contributed by atoms with Crippen molar-refractivity contribution in [3.05, 3.63) is 0 Å². The smallest absolute Gasteiger partial charge is 0.212 e. The van der Waals surface area contributed by atoms with Crippen LogP contribution in [-0.4, -0.2) is 36.0 Å². The SMILES string of the molecule is O=S(=O)(CCCI)N1CCCC1. The van der Waals surface area contributed by atoms with Gasteiger partial charge in [0.2, 0.25) is 10.0 Å². The molecule has 0 spiro atoms. The Morgan fingerprint density at radius 1 is 1.25 bits per heavy atom. The van der Waals surface area contributed by atoms with Gasteiger partial charge in [0.25, 0.3) is 0 Å². The molecule has 1 saturated heterocycles. The van der Waals surface area contributed by atoms with E-state index in [0.29, 0.717) is 5.75 Å². The lowest BCUT2D eigenvalue weighted by Gasteiger charge is -2.14. The van der Waals surface area contributed by atoms with Crippen LogP contribution in [-0.2, 0) is 10.0 Å². The van der Waals surface area contributed by atoms with Gasteiger partial charge in [-0.3, -0.25) is 0 Å². The maximum Gasteiger partial charge on any atom is 0.214 e. The fraction of sp³-hybridized carbons (Fsp3) is 1.00. The molecular formula is C7H14INO2S. The van der Waals surface area contributed by atoms with Gasteiger partial charge in [0, 0.05) is 17.5 Å². The van der Waals surface area contributed by atoms with Crippen molar-refractivity contribution in [3.8, 4) is 0 Å². The topological polar surface area (TPSA) is 37.4 Å². The molecule has 0 aliphatic carbocycles. The third-order valence-corrected chi connectivity index (χ3v) is 4.71. The maximum absolute atomic E-state index is 11.5. The van der Waals surface area contributed by atoms with E-state index in [1.165, 1.54) is 0 Å². The van der Waals surface area contributed by atoms with Gasteiger partial charge in [-0.15, -0.1) is 0 Å². The Morgan fingerprint density at radius 2 is 1.83 bits per heavy atom. The zero-order valence-corrected chi connectivity index (χ0v) is 9.97. The molecule has 12 heavy (non-hydrogen) atoms. The predicted octanol–water partition coefficient (Wildman–Crippen LogP) is 1.24. The number of hydrogen-bond acceptors (Lipinski definition) is 2. The first-order valence-corrected chi connectivity index (χ1v) is 7.34. The summed E-state index contributed by atoms with van der Waals surface area (Å²) in [5.74, 6) is 0.329. The summed E-state index contributed by atoms with van der Waals surface area (Å²) in [5.41, 5.74) is 0. The fourth-order valence-corrected chi connectivity index (χ4v) is 3.81. The lowest BCUT2D eigenvalue weighted by Crippen LogP contribution is -2.30. The Bertz CT molecular complexity index is 222. The van der Waals surface area contributed by atoms with Crippen LogP contribution in [0.4, 0.5) is 0 Å². The summed E-state index contributed by atoms with van der Waals surface area (Å²) in [6.45, 7) is 1.48. The van der Waals surface area contributed by atoms with E-state index in [1.54, 1.807) is 4.31 Å². The molecule has 1 aliphatic rings. The minimum atomic E-state index is -2.89. The third kappa shape index (κ3) is 2.85. The zero-order chi connectivity index (χ0) is 9.03. The summed E-state index contributed by atoms with van der Waals surface area (Å²) in [7, 11) is -2.89. The van der Waals surface area contributed by atoms with Crippen LogP contribution >= 0.6 is 22.6 Å². The summed E-state index contributed by atoms with van der Waals surface area (Å²) < 4.78 is 25.6. The molecule has 0 aromatic carbocycles. The normalized spacial score (nSPS) is 20.1. The van der Waals surface area contributed by atoms with Gasteiger partial charge in [0.05, 0.1) is 5.75 Å². The molecule has 5 heteroatoms. The van der Waals surface area contributed by atoms with Crippen molar-refractivity contribution in [1.82, 2.24) is 4.31 Å². The van der Waals surface area contributed by atoms with E-state index in [9.17, 15) is 8.42 Å². The highest BCUT2D eigenvalue weighted by molar-refractivity contribution is 14.1. The van der Waals surface area contributed by atoms with Crippen molar-refractivity contribution in [1.29, 1.82) is 0 Å². The fourth-order valence-electron chi connectivity index (χ4n) is 1.33. The van der Waals surface area contributed by atoms with Gasteiger partial charge in [0.15, 0.2) is 0 Å². The van der Waals surface area contributed by atoms with Crippen molar-refractivity contribution in [2.75, 3.05) is 23.3 Å². The number of rotatable bonds is 4. The van der Waals surface area contributed by atoms with E-state index in [4.69, 9.17) is 0 Å². The molecule has 0 aromatic rings. The lowest BCUT2D eigenvalue weighted by atomic mass is 10.4. The predicted molar refractivity (Wildman–Crippen MR) is 58.1 cm³/mol. The maximum atomic E-state index is 11.5. The van der Waals surface area contributed by atoms with Gasteiger partial charge in [-0.2, -0.15) is 0 Å². The third-order valence-electron chi connectivity index (χ3n) is 1.99. The number of alkyl halides is 1. The largest absolute Gasteiger partial charge is 0.214 e. The number of hydrogen-bond donors (Lipinski definition) is 0. The second-order valence-corrected chi connectivity index (χ2v) is 6.13. The molecule has 1 aliphatic heterocycles. The average molecular weight is 303 g/mol. The second-order valence-electron chi connectivity index (χ2n) is 2.96. The Kier molecular flexibility index (Phi) is 4.25. The molecule has 0 amide bonds. The van der Waals surface area contributed by atoms with E-state index >= 15 is 0 Å². The van der Waals surface area contributed by atoms with Crippen molar-refractivity contribution < 1.29 is 8.42 Å². The van der Waals surface area contributed by atoms with Crippen molar-refractivity contribution >= 4 is 32.6 Å². The van der Waals surface area contributed by atoms with E-state index in [-0.39, 0.29) is 0 Å². The Balaban J connectivity index is 2.46. The zero-order valence-electron chi connectivity index (χ0n) is 7.00. The van der Waals surface area contributed by atoms with E-state index in [0.717, 1.165) is 36.8 Å². The van der Waals surface area contributed by atoms with Crippen LogP contribution in [0.25, 0.3) is 0 Å². The molecule has 0 bridgehead atoms. The number of halogens is 1. The number of sulfonamides is 1. The number of nitrogens with zero attached hydrogens (tertiary/aromatic N) is 1. The molecule has 0 radical (unpaired) electrons. The van der Waals surface area contributed by atoms with Crippen molar-refractivity contribution in [2.24, 2.45) is 0 Å². The summed E-state index contributed by atoms with van der Waals surface area (Å²) in [6, 6.07) is 0. The summed E-state index contributed by atoms with van der Waals surface area (Å²) in [5, 5.41) is 0. The molecule has 0 unspecified atom stereocenters. The minimum Gasteiger partial charge on any atom is -0.212 e. The lowest BCUT2D eigenvalue weighted by molar-refractivity contribution is 0.477. The van der Waals surface area contributed by atoms with Gasteiger partial charge >= 0.3 is 0 Å². The van der Waals surface area contributed by atoms with E-state index < -0.39 is 10.0 Å². The van der Waals surface area contributed by atoms with Gasteiger partial charge in [-0.05, 0) is 19.3 Å². The van der Waals surface area contributed by atoms with Crippen LogP contribution in [0, 0.1) is 0 Å². The van der Waals surface area contributed by atoms with Crippen LogP contribution in [0.1, 0.15) is 19.3 Å². The van der Waals surface area contributed by atoms with Crippen LogP contribution in [0.2, 0.25) is 0 Å². The summed E-state index contributed by atoms with van der Waals surface area (Å²) >= 11 is 2.21. The van der Waals surface area contributed by atoms with Crippen LogP contribution < -0.4 is 0 Å². The molecule has 0 N–H and O–H groups in total. The summed E-state index contributed by atoms with van der Waals surface area (Å²) in [6.07, 6.45) is 2.84. The van der Waals surface area contributed by atoms with Crippen LogP contribution in [0.15, 0.2) is 0 Å². The van der Waals surface area contributed by atoms with Crippen molar-refractivity contribution in [2.45, 2.75) is 19.3 Å². The molecule has 1 heterocycles. The summed E-state index contributed by atoms with van der Waals surface area (Å²) in [4.78, 5) is 0. The molecule has 72 valence electrons. The molecule has 1 rings (SSSR count). The average Bonchev–Trinajstić information content (AvgIpc) is 2.53. The molecule has 0 aromatic heterocycles. The van der Waals surface area contributed by atoms with Gasteiger partial charge < -0.3 is 0 Å². The van der Waals surface area contributed by atoms with E-state index in [2.05, 4.69) is 22.6 Å². The van der Waals surface area contributed by atoms with Crippen LogP contribution in [0.3, 0.4) is 0 Å². The molecule has 3 nitrogen and oxygen atoms in total. The molecular weight excluding hydrogens is 289 g/mol. The first-order valence-electron chi connectivity index (χ1n) is 4.20. The van der Waals surface area contributed by atoms with Gasteiger partial charge in [0.1, 0.15) is 0 Å². The Hall–Kier alpha value is 0.640. The molecule has 1 fully saturated rings. The molecule has 0 saturated carbocycles. The standard InChI is InChI=1S/C7H14INO2S/c8-4-3-7-12(10,11)9-5-1-2-6-9/h1-7H2. The van der Waals surface area contributed by atoms with E-state index in [1.807, 2.05) is 0 Å². The van der Waals surface area contributed by atoms with Crippen LogP contribution in [0.5, 0.6) is 0 Å². The van der Waals surface area contributed by atoms with Gasteiger partial charge in [-0.1, -0.05) is 22.6 Å². The highest BCUT2D eigenvalue weighted by atomic mass is 127. The first-order chi connectivity index (χ1) is 5.67. The first kappa shape index (κ1) is 10.7. The Labute approximate surface area is 87.7 Å². The quantitative estimate of drug-likeness (QED) is 0.579. The van der Waals surface area contributed by atoms with Gasteiger partial charge in [-0.25, -0.2) is 12.7 Å². The Morgan fingerprint density at radius 3 is 2.33 bits per heavy atom. The highest BCUT2D eigenvalue weighted by Crippen LogP contribution is 2.13.